The lowest BCUT2D eigenvalue weighted by Crippen LogP contribution is -2.54. The van der Waals surface area contributed by atoms with E-state index in [1.54, 1.807) is 13.0 Å². The lowest BCUT2D eigenvalue weighted by Gasteiger charge is -2.32. The van der Waals surface area contributed by atoms with E-state index in [1.165, 1.54) is 15.2 Å². The van der Waals surface area contributed by atoms with Gasteiger partial charge in [0.05, 0.1) is 11.3 Å². The normalized spacial score (nSPS) is 23.2. The fourth-order valence-electron chi connectivity index (χ4n) is 3.93. The van der Waals surface area contributed by atoms with Gasteiger partial charge in [-0.2, -0.15) is 9.40 Å². The molecule has 2 heterocycles. The molecule has 1 aliphatic carbocycles. The van der Waals surface area contributed by atoms with Gasteiger partial charge in [-0.25, -0.2) is 8.42 Å². The minimum absolute atomic E-state index is 0.0411. The van der Waals surface area contributed by atoms with E-state index in [2.05, 4.69) is 15.7 Å². The van der Waals surface area contributed by atoms with Crippen LogP contribution in [0.4, 0.5) is 0 Å². The second-order valence-corrected chi connectivity index (χ2v) is 9.49. The average molecular weight is 398 g/mol. The number of amides is 2. The molecule has 2 amide bonds. The van der Waals surface area contributed by atoms with E-state index >= 15 is 0 Å². The molecule has 2 aliphatic rings. The van der Waals surface area contributed by atoms with Gasteiger partial charge in [-0.15, -0.1) is 0 Å². The van der Waals surface area contributed by atoms with Crippen molar-refractivity contribution in [2.75, 3.05) is 18.8 Å². The monoisotopic (exact) mass is 397 g/mol. The van der Waals surface area contributed by atoms with Crippen LogP contribution in [0.3, 0.4) is 0 Å². The molecule has 0 bridgehead atoms. The molecular formula is C17H27N5O4S. The van der Waals surface area contributed by atoms with E-state index in [0.717, 1.165) is 25.7 Å². The third kappa shape index (κ3) is 4.01. The van der Waals surface area contributed by atoms with Gasteiger partial charge in [0, 0.05) is 25.8 Å². The standard InChI is InChI=1S/C17H27N5O4S/c1-3-22-14(7-10-18-22)16(24)19-13-11-21(27(25,26)4-2)12-17(20-15(13)23)8-5-6-9-17/h7,10,13H,3-6,8-9,11-12H2,1-2H3,(H,19,24)(H,20,23). The number of hydrogen-bond acceptors (Lipinski definition) is 5. The Morgan fingerprint density at radius 2 is 2.07 bits per heavy atom. The van der Waals surface area contributed by atoms with Gasteiger partial charge >= 0.3 is 0 Å². The van der Waals surface area contributed by atoms with Crippen LogP contribution < -0.4 is 10.6 Å². The highest BCUT2D eigenvalue weighted by molar-refractivity contribution is 7.89. The van der Waals surface area contributed by atoms with Crippen molar-refractivity contribution in [2.45, 2.75) is 57.7 Å². The first kappa shape index (κ1) is 19.8. The Kier molecular flexibility index (Phi) is 5.57. The van der Waals surface area contributed by atoms with Crippen molar-refractivity contribution in [3.63, 3.8) is 0 Å². The summed E-state index contributed by atoms with van der Waals surface area (Å²) in [5.41, 5.74) is -0.195. The maximum atomic E-state index is 12.8. The molecule has 9 nitrogen and oxygen atoms in total. The second-order valence-electron chi connectivity index (χ2n) is 7.23. The predicted octanol–water partition coefficient (Wildman–Crippen LogP) is 0.0957. The molecule has 150 valence electrons. The Hall–Kier alpha value is -1.94. The minimum Gasteiger partial charge on any atom is -0.348 e. The van der Waals surface area contributed by atoms with Crippen molar-refractivity contribution in [1.82, 2.24) is 24.7 Å². The Bertz CT molecular complexity index is 813. The zero-order valence-electron chi connectivity index (χ0n) is 15.8. The third-order valence-electron chi connectivity index (χ3n) is 5.44. The molecule has 1 atom stereocenters. The number of aromatic nitrogens is 2. The van der Waals surface area contributed by atoms with E-state index in [-0.39, 0.29) is 24.7 Å². The van der Waals surface area contributed by atoms with Crippen LogP contribution in [0.2, 0.25) is 0 Å². The van der Waals surface area contributed by atoms with Crippen LogP contribution >= 0.6 is 0 Å². The highest BCUT2D eigenvalue weighted by Gasteiger charge is 2.45. The molecule has 1 saturated carbocycles. The Labute approximate surface area is 159 Å². The van der Waals surface area contributed by atoms with Crippen LogP contribution in [0.1, 0.15) is 50.0 Å². The van der Waals surface area contributed by atoms with Gasteiger partial charge in [-0.05, 0) is 32.8 Å². The molecule has 1 spiro atoms. The molecule has 0 aromatic carbocycles. The molecule has 27 heavy (non-hydrogen) atoms. The highest BCUT2D eigenvalue weighted by Crippen LogP contribution is 2.32. The zero-order chi connectivity index (χ0) is 19.7. The van der Waals surface area contributed by atoms with Gasteiger partial charge in [0.25, 0.3) is 5.91 Å². The van der Waals surface area contributed by atoms with Crippen LogP contribution in [0.25, 0.3) is 0 Å². The number of rotatable bonds is 5. The summed E-state index contributed by atoms with van der Waals surface area (Å²) in [6.07, 6.45) is 4.92. The van der Waals surface area contributed by atoms with Crippen molar-refractivity contribution >= 4 is 21.8 Å². The summed E-state index contributed by atoms with van der Waals surface area (Å²) in [7, 11) is -3.49. The quantitative estimate of drug-likeness (QED) is 0.731. The van der Waals surface area contributed by atoms with Crippen molar-refractivity contribution in [3.05, 3.63) is 18.0 Å². The average Bonchev–Trinajstić information content (AvgIpc) is 3.26. The Balaban J connectivity index is 1.85. The minimum atomic E-state index is -3.49. The molecule has 1 aromatic rings. The summed E-state index contributed by atoms with van der Waals surface area (Å²) in [6, 6.07) is 0.630. The number of carbonyl (C=O) groups excluding carboxylic acids is 2. The first-order chi connectivity index (χ1) is 12.8. The van der Waals surface area contributed by atoms with E-state index in [1.807, 2.05) is 6.92 Å². The maximum Gasteiger partial charge on any atom is 0.270 e. The molecule has 10 heteroatoms. The molecule has 2 fully saturated rings. The smallest absolute Gasteiger partial charge is 0.270 e. The summed E-state index contributed by atoms with van der Waals surface area (Å²) in [6.45, 7) is 4.17. The zero-order valence-corrected chi connectivity index (χ0v) is 16.6. The van der Waals surface area contributed by atoms with Gasteiger partial charge in [0.2, 0.25) is 15.9 Å². The first-order valence-electron chi connectivity index (χ1n) is 9.43. The summed E-state index contributed by atoms with van der Waals surface area (Å²) in [5.74, 6) is -0.812. The number of aryl methyl sites for hydroxylation is 1. The molecule has 1 aromatic heterocycles. The van der Waals surface area contributed by atoms with Crippen LogP contribution in [0.15, 0.2) is 12.3 Å². The van der Waals surface area contributed by atoms with Crippen LogP contribution in [-0.2, 0) is 21.4 Å². The largest absolute Gasteiger partial charge is 0.348 e. The maximum absolute atomic E-state index is 12.8. The highest BCUT2D eigenvalue weighted by atomic mass is 32.2. The number of sulfonamides is 1. The van der Waals surface area contributed by atoms with Crippen LogP contribution in [0.5, 0.6) is 0 Å². The third-order valence-corrected chi connectivity index (χ3v) is 7.24. The molecular weight excluding hydrogens is 370 g/mol. The van der Waals surface area contributed by atoms with E-state index in [9.17, 15) is 18.0 Å². The Morgan fingerprint density at radius 3 is 2.70 bits per heavy atom. The van der Waals surface area contributed by atoms with Crippen LogP contribution in [-0.4, -0.2) is 64.7 Å². The number of carbonyl (C=O) groups is 2. The lowest BCUT2D eigenvalue weighted by atomic mass is 9.98. The van der Waals surface area contributed by atoms with Gasteiger partial charge < -0.3 is 10.6 Å². The van der Waals surface area contributed by atoms with Gasteiger partial charge in [-0.3, -0.25) is 14.3 Å². The molecule has 3 rings (SSSR count). The molecule has 2 N–H and O–H groups in total. The first-order valence-corrected chi connectivity index (χ1v) is 11.0. The summed E-state index contributed by atoms with van der Waals surface area (Å²) in [5, 5.41) is 9.79. The second kappa shape index (κ2) is 7.59. The summed E-state index contributed by atoms with van der Waals surface area (Å²) < 4.78 is 28.0. The molecule has 1 aliphatic heterocycles. The summed E-state index contributed by atoms with van der Waals surface area (Å²) >= 11 is 0. The summed E-state index contributed by atoms with van der Waals surface area (Å²) in [4.78, 5) is 25.5. The lowest BCUT2D eigenvalue weighted by molar-refractivity contribution is -0.124. The van der Waals surface area contributed by atoms with Crippen molar-refractivity contribution in [2.24, 2.45) is 0 Å². The molecule has 1 unspecified atom stereocenters. The predicted molar refractivity (Wildman–Crippen MR) is 99.5 cm³/mol. The van der Waals surface area contributed by atoms with Gasteiger partial charge in [0.15, 0.2) is 0 Å². The van der Waals surface area contributed by atoms with Crippen molar-refractivity contribution in [1.29, 1.82) is 0 Å². The SMILES string of the molecule is CCn1nccc1C(=O)NC1CN(S(=O)(=O)CC)CC2(CCCC2)NC1=O. The van der Waals surface area contributed by atoms with E-state index in [0.29, 0.717) is 12.2 Å². The van der Waals surface area contributed by atoms with Crippen molar-refractivity contribution < 1.29 is 18.0 Å². The Morgan fingerprint density at radius 1 is 1.37 bits per heavy atom. The molecule has 1 saturated heterocycles. The van der Waals surface area contributed by atoms with Crippen LogP contribution in [0, 0.1) is 0 Å². The number of nitrogens with one attached hydrogen (secondary N) is 2. The van der Waals surface area contributed by atoms with Gasteiger partial charge in [0.1, 0.15) is 11.7 Å². The van der Waals surface area contributed by atoms with E-state index in [4.69, 9.17) is 0 Å². The molecule has 0 radical (unpaired) electrons. The number of nitrogens with zero attached hydrogens (tertiary/aromatic N) is 3. The topological polar surface area (TPSA) is 113 Å². The van der Waals surface area contributed by atoms with Gasteiger partial charge in [-0.1, -0.05) is 12.8 Å². The van der Waals surface area contributed by atoms with E-state index < -0.39 is 27.5 Å². The number of hydrogen-bond donors (Lipinski definition) is 2. The fourth-order valence-corrected chi connectivity index (χ4v) is 5.11. The fraction of sp³-hybridized carbons (Fsp3) is 0.706. The van der Waals surface area contributed by atoms with Crippen molar-refractivity contribution in [3.8, 4) is 0 Å².